The van der Waals surface area contributed by atoms with E-state index in [1.165, 1.54) is 12.8 Å². The van der Waals surface area contributed by atoms with Crippen molar-refractivity contribution < 1.29 is 4.74 Å². The van der Waals surface area contributed by atoms with Gasteiger partial charge in [-0.3, -0.25) is 0 Å². The molecule has 1 unspecified atom stereocenters. The minimum absolute atomic E-state index is 0.653. The van der Waals surface area contributed by atoms with Gasteiger partial charge in [-0.05, 0) is 44.0 Å². The first kappa shape index (κ1) is 10.2. The predicted octanol–water partition coefficient (Wildman–Crippen LogP) is 2.72. The van der Waals surface area contributed by atoms with E-state index in [2.05, 4.69) is 11.4 Å². The molecule has 1 aliphatic heterocycles. The molecule has 0 aromatic heterocycles. The second kappa shape index (κ2) is 5.56. The third-order valence-electron chi connectivity index (χ3n) is 2.63. The highest BCUT2D eigenvalue weighted by Gasteiger charge is 2.11. The van der Waals surface area contributed by atoms with E-state index in [-0.39, 0.29) is 0 Å². The fourth-order valence-corrected chi connectivity index (χ4v) is 1.80. The summed E-state index contributed by atoms with van der Waals surface area (Å²) >= 11 is 0. The molecule has 1 aliphatic rings. The third kappa shape index (κ3) is 3.40. The van der Waals surface area contributed by atoms with Gasteiger partial charge in [-0.25, -0.2) is 0 Å². The maximum Gasteiger partial charge on any atom is 0.126 e. The average molecular weight is 203 g/mol. The van der Waals surface area contributed by atoms with Crippen LogP contribution < -0.4 is 10.1 Å². The normalized spacial score (nSPS) is 20.9. The molecule has 0 amide bonds. The van der Waals surface area contributed by atoms with E-state index >= 15 is 0 Å². The molecule has 15 heavy (non-hydrogen) atoms. The first-order valence-electron chi connectivity index (χ1n) is 5.55. The summed E-state index contributed by atoms with van der Waals surface area (Å²) in [6.45, 7) is 1.16. The summed E-state index contributed by atoms with van der Waals surface area (Å²) < 4.78 is 5.46. The summed E-state index contributed by atoms with van der Waals surface area (Å²) in [7, 11) is 0. The molecule has 0 radical (unpaired) electrons. The number of hydrogen-bond acceptors (Lipinski definition) is 2. The van der Waals surface area contributed by atoms with Crippen molar-refractivity contribution in [2.75, 3.05) is 6.54 Å². The molecule has 80 valence electrons. The van der Waals surface area contributed by atoms with Crippen LogP contribution in [0.25, 0.3) is 0 Å². The molecule has 1 fully saturated rings. The topological polar surface area (TPSA) is 21.3 Å². The van der Waals surface area contributed by atoms with Crippen LogP contribution in [-0.4, -0.2) is 12.6 Å². The Hall–Kier alpha value is -1.28. The molecular weight excluding hydrogens is 186 g/mol. The van der Waals surface area contributed by atoms with Gasteiger partial charge in [0.05, 0.1) is 6.26 Å². The van der Waals surface area contributed by atoms with Crippen LogP contribution in [0.5, 0.6) is 5.75 Å². The van der Waals surface area contributed by atoms with Gasteiger partial charge in [-0.1, -0.05) is 18.2 Å². The third-order valence-corrected chi connectivity index (χ3v) is 2.63. The van der Waals surface area contributed by atoms with Crippen LogP contribution in [0.1, 0.15) is 19.3 Å². The number of hydrogen-bond donors (Lipinski definition) is 1. The zero-order valence-electron chi connectivity index (χ0n) is 8.86. The van der Waals surface area contributed by atoms with Gasteiger partial charge in [0, 0.05) is 6.04 Å². The molecule has 1 heterocycles. The van der Waals surface area contributed by atoms with Gasteiger partial charge >= 0.3 is 0 Å². The van der Waals surface area contributed by atoms with Crippen LogP contribution in [0.3, 0.4) is 0 Å². The SMILES string of the molecule is C(=COc1ccccc1)CC1CCCN1. The van der Waals surface area contributed by atoms with Gasteiger partial charge in [-0.2, -0.15) is 0 Å². The van der Waals surface area contributed by atoms with Crippen LogP contribution in [-0.2, 0) is 0 Å². The summed E-state index contributed by atoms with van der Waals surface area (Å²) in [5.74, 6) is 0.896. The number of nitrogens with one attached hydrogen (secondary N) is 1. The van der Waals surface area contributed by atoms with Crippen molar-refractivity contribution in [1.29, 1.82) is 0 Å². The average Bonchev–Trinajstić information content (AvgIpc) is 2.79. The largest absolute Gasteiger partial charge is 0.465 e. The van der Waals surface area contributed by atoms with Gasteiger partial charge < -0.3 is 10.1 Å². The highest BCUT2D eigenvalue weighted by Crippen LogP contribution is 2.11. The Morgan fingerprint density at radius 2 is 2.20 bits per heavy atom. The lowest BCUT2D eigenvalue weighted by Gasteiger charge is -2.05. The Labute approximate surface area is 91.0 Å². The lowest BCUT2D eigenvalue weighted by atomic mass is 10.2. The first-order valence-corrected chi connectivity index (χ1v) is 5.55. The molecule has 1 saturated heterocycles. The van der Waals surface area contributed by atoms with Crippen molar-refractivity contribution in [3.8, 4) is 5.75 Å². The molecule has 1 aromatic rings. The Kier molecular flexibility index (Phi) is 3.80. The molecule has 1 atom stereocenters. The second-order valence-corrected chi connectivity index (χ2v) is 3.83. The van der Waals surface area contributed by atoms with Crippen LogP contribution in [0.15, 0.2) is 42.7 Å². The summed E-state index contributed by atoms with van der Waals surface area (Å²) in [6, 6.07) is 10.5. The highest BCUT2D eigenvalue weighted by atomic mass is 16.5. The van der Waals surface area contributed by atoms with Gasteiger partial charge in [0.15, 0.2) is 0 Å². The van der Waals surface area contributed by atoms with Crippen LogP contribution in [0.4, 0.5) is 0 Å². The highest BCUT2D eigenvalue weighted by molar-refractivity contribution is 5.21. The van der Waals surface area contributed by atoms with Gasteiger partial charge in [0.2, 0.25) is 0 Å². The zero-order valence-corrected chi connectivity index (χ0v) is 8.86. The lowest BCUT2D eigenvalue weighted by Crippen LogP contribution is -2.19. The van der Waals surface area contributed by atoms with Gasteiger partial charge in [0.25, 0.3) is 0 Å². The van der Waals surface area contributed by atoms with E-state index < -0.39 is 0 Å². The molecule has 0 aliphatic carbocycles. The fraction of sp³-hybridized carbons (Fsp3) is 0.385. The van der Waals surface area contributed by atoms with Crippen LogP contribution in [0, 0.1) is 0 Å². The Morgan fingerprint density at radius 3 is 2.93 bits per heavy atom. The van der Waals surface area contributed by atoms with E-state index in [0.717, 1.165) is 18.7 Å². The lowest BCUT2D eigenvalue weighted by molar-refractivity contribution is 0.475. The van der Waals surface area contributed by atoms with Crippen LogP contribution in [0.2, 0.25) is 0 Å². The molecule has 1 N–H and O–H groups in total. The quantitative estimate of drug-likeness (QED) is 0.760. The van der Waals surface area contributed by atoms with Gasteiger partial charge in [-0.15, -0.1) is 0 Å². The monoisotopic (exact) mass is 203 g/mol. The summed E-state index contributed by atoms with van der Waals surface area (Å²) in [5.41, 5.74) is 0. The van der Waals surface area contributed by atoms with Crippen molar-refractivity contribution in [2.24, 2.45) is 0 Å². The molecular formula is C13H17NO. The van der Waals surface area contributed by atoms with Crippen molar-refractivity contribution >= 4 is 0 Å². The summed E-state index contributed by atoms with van der Waals surface area (Å²) in [4.78, 5) is 0. The van der Waals surface area contributed by atoms with E-state index in [1.54, 1.807) is 6.26 Å². The molecule has 2 nitrogen and oxygen atoms in total. The Morgan fingerprint density at radius 1 is 1.33 bits per heavy atom. The number of ether oxygens (including phenoxy) is 1. The maximum absolute atomic E-state index is 5.46. The number of para-hydroxylation sites is 1. The summed E-state index contributed by atoms with van der Waals surface area (Å²) in [5, 5.41) is 3.45. The molecule has 0 spiro atoms. The standard InChI is InChI=1S/C13H17NO/c1-2-8-13(9-3-1)15-11-5-7-12-6-4-10-14-12/h1-3,5,8-9,11-12,14H,4,6-7,10H2. The minimum atomic E-state index is 0.653. The van der Waals surface area contributed by atoms with Crippen LogP contribution >= 0.6 is 0 Å². The van der Waals surface area contributed by atoms with E-state index in [9.17, 15) is 0 Å². The van der Waals surface area contributed by atoms with E-state index in [1.807, 2.05) is 30.3 Å². The molecule has 0 bridgehead atoms. The molecule has 2 heteroatoms. The zero-order chi connectivity index (χ0) is 10.3. The van der Waals surface area contributed by atoms with E-state index in [0.29, 0.717) is 6.04 Å². The smallest absolute Gasteiger partial charge is 0.126 e. The molecule has 2 rings (SSSR count). The maximum atomic E-state index is 5.46. The van der Waals surface area contributed by atoms with Crippen molar-refractivity contribution in [3.05, 3.63) is 42.7 Å². The molecule has 1 aromatic carbocycles. The number of rotatable bonds is 4. The van der Waals surface area contributed by atoms with Gasteiger partial charge in [0.1, 0.15) is 5.75 Å². The van der Waals surface area contributed by atoms with Crippen molar-refractivity contribution in [2.45, 2.75) is 25.3 Å². The molecule has 0 saturated carbocycles. The first-order chi connectivity index (χ1) is 7.45. The summed E-state index contributed by atoms with van der Waals surface area (Å²) in [6.07, 6.45) is 7.53. The predicted molar refractivity (Wildman–Crippen MR) is 61.9 cm³/mol. The fourth-order valence-electron chi connectivity index (χ4n) is 1.80. The van der Waals surface area contributed by atoms with Crippen molar-refractivity contribution in [3.63, 3.8) is 0 Å². The second-order valence-electron chi connectivity index (χ2n) is 3.83. The minimum Gasteiger partial charge on any atom is -0.465 e. The number of benzene rings is 1. The Balaban J connectivity index is 1.71. The Bertz CT molecular complexity index is 302. The van der Waals surface area contributed by atoms with Crippen molar-refractivity contribution in [1.82, 2.24) is 5.32 Å². The van der Waals surface area contributed by atoms with E-state index in [4.69, 9.17) is 4.74 Å².